The molecule has 0 radical (unpaired) electrons. The van der Waals surface area contributed by atoms with Crippen LogP contribution in [0.5, 0.6) is 5.75 Å². The van der Waals surface area contributed by atoms with Crippen LogP contribution in [0.15, 0.2) is 41.3 Å². The second kappa shape index (κ2) is 6.79. The third-order valence-electron chi connectivity index (χ3n) is 7.04. The molecule has 1 saturated carbocycles. The molecule has 1 aromatic carbocycles. The highest BCUT2D eigenvalue weighted by Crippen LogP contribution is 2.52. The number of aryl methyl sites for hydroxylation is 1. The van der Waals surface area contributed by atoms with Crippen molar-refractivity contribution < 1.29 is 34.8 Å². The third-order valence-corrected chi connectivity index (χ3v) is 7.04. The highest BCUT2D eigenvalue weighted by molar-refractivity contribution is 6.22. The predicted octanol–water partition coefficient (Wildman–Crippen LogP) is 0.824. The lowest BCUT2D eigenvalue weighted by molar-refractivity contribution is -0.147. The lowest BCUT2D eigenvalue weighted by Gasteiger charge is -2.46. The Bertz CT molecular complexity index is 1340. The summed E-state index contributed by atoms with van der Waals surface area (Å²) in [5.41, 5.74) is 3.76. The number of carbonyl (C=O) groups is 3. The number of nitrogens with two attached hydrogens (primary N) is 1. The second-order valence-corrected chi connectivity index (χ2v) is 8.73. The van der Waals surface area contributed by atoms with Gasteiger partial charge in [0.1, 0.15) is 22.8 Å². The molecule has 3 unspecified atom stereocenters. The lowest BCUT2D eigenvalue weighted by atomic mass is 9.59. The number of hydrogen-bond acceptors (Lipinski definition) is 8. The van der Waals surface area contributed by atoms with E-state index in [0.717, 1.165) is 5.69 Å². The summed E-state index contributed by atoms with van der Waals surface area (Å²) < 4.78 is 1.64. The van der Waals surface area contributed by atoms with Crippen LogP contribution < -0.4 is 5.73 Å². The zero-order chi connectivity index (χ0) is 23.8. The highest BCUT2D eigenvalue weighted by atomic mass is 16.3. The summed E-state index contributed by atoms with van der Waals surface area (Å²) in [6.45, 7) is 0. The van der Waals surface area contributed by atoms with E-state index in [2.05, 4.69) is 5.10 Å². The Morgan fingerprint density at radius 1 is 1.18 bits per heavy atom. The van der Waals surface area contributed by atoms with Gasteiger partial charge in [0.25, 0.3) is 5.91 Å². The summed E-state index contributed by atoms with van der Waals surface area (Å²) in [4.78, 5) is 37.6. The van der Waals surface area contributed by atoms with Gasteiger partial charge in [-0.15, -0.1) is 0 Å². The topological polar surface area (TPSA) is 176 Å². The van der Waals surface area contributed by atoms with E-state index in [-0.39, 0.29) is 36.1 Å². The fourth-order valence-corrected chi connectivity index (χ4v) is 5.50. The third kappa shape index (κ3) is 2.64. The molecule has 3 aliphatic rings. The van der Waals surface area contributed by atoms with Crippen LogP contribution in [0.25, 0.3) is 17.0 Å². The van der Waals surface area contributed by atoms with E-state index < -0.39 is 52.0 Å². The van der Waals surface area contributed by atoms with Crippen molar-refractivity contribution in [3.8, 4) is 17.0 Å². The number of aliphatic hydroxyl groups is 3. The maximum atomic E-state index is 13.5. The maximum absolute atomic E-state index is 13.5. The largest absolute Gasteiger partial charge is 0.508 e. The molecule has 0 saturated heterocycles. The molecule has 1 fully saturated rings. The van der Waals surface area contributed by atoms with Crippen molar-refractivity contribution in [2.24, 2.45) is 24.6 Å². The van der Waals surface area contributed by atoms with E-state index in [1.807, 2.05) is 0 Å². The number of phenols is 1. The summed E-state index contributed by atoms with van der Waals surface area (Å²) in [5, 5.41) is 47.7. The van der Waals surface area contributed by atoms with Crippen molar-refractivity contribution in [2.75, 3.05) is 0 Å². The normalized spacial score (nSPS) is 26.7. The van der Waals surface area contributed by atoms with E-state index in [9.17, 15) is 34.8 Å². The molecule has 10 heteroatoms. The van der Waals surface area contributed by atoms with Gasteiger partial charge in [-0.1, -0.05) is 0 Å². The van der Waals surface area contributed by atoms with Gasteiger partial charge in [-0.2, -0.15) is 5.10 Å². The Hall–Kier alpha value is -3.92. The number of aromatic nitrogens is 2. The Labute approximate surface area is 187 Å². The summed E-state index contributed by atoms with van der Waals surface area (Å²) in [6.07, 6.45) is 1.59. The number of primary amides is 1. The van der Waals surface area contributed by atoms with Crippen molar-refractivity contribution in [1.82, 2.24) is 9.78 Å². The Morgan fingerprint density at radius 2 is 1.91 bits per heavy atom. The number of amides is 1. The van der Waals surface area contributed by atoms with Crippen LogP contribution in [0.1, 0.15) is 24.0 Å². The van der Waals surface area contributed by atoms with Gasteiger partial charge in [-0.25, -0.2) is 0 Å². The Balaban J connectivity index is 1.72. The van der Waals surface area contributed by atoms with Crippen LogP contribution in [-0.2, 0) is 27.9 Å². The monoisotopic (exact) mass is 451 g/mol. The molecule has 2 aromatic rings. The van der Waals surface area contributed by atoms with Crippen molar-refractivity contribution in [2.45, 2.75) is 24.9 Å². The number of benzene rings is 1. The van der Waals surface area contributed by atoms with Crippen LogP contribution in [-0.4, -0.2) is 53.3 Å². The number of hydrogen-bond donors (Lipinski definition) is 5. The van der Waals surface area contributed by atoms with Gasteiger partial charge in [-0.3, -0.25) is 19.1 Å². The van der Waals surface area contributed by atoms with Crippen molar-refractivity contribution in [3.05, 3.63) is 52.4 Å². The molecule has 0 bridgehead atoms. The summed E-state index contributed by atoms with van der Waals surface area (Å²) in [7, 11) is 1.75. The number of rotatable bonds is 2. The molecule has 10 nitrogen and oxygen atoms in total. The Morgan fingerprint density at radius 3 is 2.55 bits per heavy atom. The lowest BCUT2D eigenvalue weighted by Crippen LogP contribution is -2.58. The molecule has 33 heavy (non-hydrogen) atoms. The van der Waals surface area contributed by atoms with Crippen molar-refractivity contribution >= 4 is 23.2 Å². The molecule has 3 atom stereocenters. The van der Waals surface area contributed by atoms with E-state index in [4.69, 9.17) is 5.73 Å². The molecule has 3 aliphatic carbocycles. The van der Waals surface area contributed by atoms with Gasteiger partial charge >= 0.3 is 0 Å². The zero-order valence-electron chi connectivity index (χ0n) is 17.6. The summed E-state index contributed by atoms with van der Waals surface area (Å²) in [6, 6.07) is 4.87. The standard InChI is InChI=1S/C23H21N3O7/c1-26-13(4-5-25-26)11-2-3-14(27)17-12(11)7-9-6-10-8-15(28)18(22(24)32)21(31)23(10,33)20(30)16(9)19(17)29/h2-5,9-10,27,29,31,33H,6-8H2,1H3,(H2,24,32). The molecular formula is C23H21N3O7. The van der Waals surface area contributed by atoms with Gasteiger partial charge in [-0.05, 0) is 42.5 Å². The van der Waals surface area contributed by atoms with E-state index in [1.54, 1.807) is 30.1 Å². The highest BCUT2D eigenvalue weighted by Gasteiger charge is 2.60. The second-order valence-electron chi connectivity index (χ2n) is 8.73. The fraction of sp³-hybridized carbons (Fsp3) is 0.304. The molecule has 6 N–H and O–H groups in total. The minimum atomic E-state index is -2.56. The molecule has 1 aromatic heterocycles. The number of aromatic hydroxyl groups is 1. The Kier molecular flexibility index (Phi) is 4.31. The average Bonchev–Trinajstić information content (AvgIpc) is 3.16. The van der Waals surface area contributed by atoms with E-state index in [0.29, 0.717) is 11.1 Å². The van der Waals surface area contributed by atoms with Gasteiger partial charge in [0.05, 0.1) is 11.3 Å². The average molecular weight is 451 g/mol. The predicted molar refractivity (Wildman–Crippen MR) is 114 cm³/mol. The van der Waals surface area contributed by atoms with Crippen molar-refractivity contribution in [3.63, 3.8) is 0 Å². The maximum Gasteiger partial charge on any atom is 0.255 e. The first kappa shape index (κ1) is 21.0. The van der Waals surface area contributed by atoms with E-state index in [1.165, 1.54) is 6.07 Å². The van der Waals surface area contributed by atoms with Crippen LogP contribution >= 0.6 is 0 Å². The minimum Gasteiger partial charge on any atom is -0.508 e. The van der Waals surface area contributed by atoms with Crippen LogP contribution in [0.3, 0.4) is 0 Å². The molecule has 1 amide bonds. The zero-order valence-corrected chi connectivity index (χ0v) is 17.6. The molecule has 0 aliphatic heterocycles. The molecule has 170 valence electrons. The SMILES string of the molecule is Cn1nccc1-c1ccc(O)c2c1CC1CC3CC(=O)C(C(N)=O)=C(O)C3(O)C(=O)C1=C2O. The first-order valence-corrected chi connectivity index (χ1v) is 10.4. The van der Waals surface area contributed by atoms with Gasteiger partial charge in [0, 0.05) is 36.7 Å². The number of ketones is 2. The first-order valence-electron chi connectivity index (χ1n) is 10.4. The number of Topliss-reactive ketones (excluding diaryl/α,β-unsaturated/α-hetero) is 2. The van der Waals surface area contributed by atoms with Gasteiger partial charge in [0.2, 0.25) is 5.78 Å². The molecule has 0 spiro atoms. The number of carbonyl (C=O) groups excluding carboxylic acids is 3. The smallest absolute Gasteiger partial charge is 0.255 e. The number of aliphatic hydroxyl groups excluding tert-OH is 2. The quantitative estimate of drug-likeness (QED) is 0.417. The minimum absolute atomic E-state index is 0.0563. The van der Waals surface area contributed by atoms with E-state index >= 15 is 0 Å². The fourth-order valence-electron chi connectivity index (χ4n) is 5.50. The first-order chi connectivity index (χ1) is 15.6. The number of fused-ring (bicyclic) bond motifs is 3. The summed E-state index contributed by atoms with van der Waals surface area (Å²) in [5.74, 6) is -6.43. The number of nitrogens with zero attached hydrogens (tertiary/aromatic N) is 2. The van der Waals surface area contributed by atoms with Crippen LogP contribution in [0, 0.1) is 11.8 Å². The van der Waals surface area contributed by atoms with Crippen molar-refractivity contribution in [1.29, 1.82) is 0 Å². The van der Waals surface area contributed by atoms with Crippen LogP contribution in [0.2, 0.25) is 0 Å². The summed E-state index contributed by atoms with van der Waals surface area (Å²) >= 11 is 0. The molecule has 5 rings (SSSR count). The van der Waals surface area contributed by atoms with Gasteiger partial charge < -0.3 is 26.2 Å². The van der Waals surface area contributed by atoms with Gasteiger partial charge in [0.15, 0.2) is 11.4 Å². The molecular weight excluding hydrogens is 430 g/mol. The molecule has 1 heterocycles. The number of phenolic OH excluding ortho intramolecular Hbond substituents is 1. The van der Waals surface area contributed by atoms with Crippen LogP contribution in [0.4, 0.5) is 0 Å².